The molecule has 0 radical (unpaired) electrons. The van der Waals surface area contributed by atoms with Gasteiger partial charge in [0.05, 0.1) is 11.8 Å². The Morgan fingerprint density at radius 2 is 1.90 bits per heavy atom. The normalized spacial score (nSPS) is 14.1. The fourth-order valence-corrected chi connectivity index (χ4v) is 2.21. The molecule has 0 heterocycles. The molecule has 0 spiro atoms. The van der Waals surface area contributed by atoms with Gasteiger partial charge in [-0.05, 0) is 36.5 Å². The second-order valence-corrected chi connectivity index (χ2v) is 6.39. The van der Waals surface area contributed by atoms with Gasteiger partial charge in [-0.15, -0.1) is 0 Å². The van der Waals surface area contributed by atoms with Crippen molar-refractivity contribution in [1.29, 1.82) is 0 Å². The van der Waals surface area contributed by atoms with E-state index >= 15 is 0 Å². The molecule has 0 aromatic heterocycles. The second-order valence-electron chi connectivity index (χ2n) is 6.39. The van der Waals surface area contributed by atoms with Crippen LogP contribution < -0.4 is 0 Å². The Morgan fingerprint density at radius 3 is 2.43 bits per heavy atom. The van der Waals surface area contributed by atoms with E-state index in [9.17, 15) is 5.11 Å². The van der Waals surface area contributed by atoms with Crippen LogP contribution in [0, 0.1) is 5.41 Å². The monoisotopic (exact) mass is 290 g/mol. The molecular formula is C18H30N2O. The number of aliphatic hydroxyl groups is 1. The number of rotatable bonds is 6. The number of aliphatic imine (C=N–C) groups is 1. The molecule has 0 bridgehead atoms. The molecule has 1 rings (SSSR count). The van der Waals surface area contributed by atoms with E-state index in [-0.39, 0.29) is 5.41 Å². The Morgan fingerprint density at radius 1 is 1.29 bits per heavy atom. The van der Waals surface area contributed by atoms with Gasteiger partial charge in [0.1, 0.15) is 5.84 Å². The van der Waals surface area contributed by atoms with Gasteiger partial charge in [0, 0.05) is 14.1 Å². The molecule has 0 aliphatic carbocycles. The summed E-state index contributed by atoms with van der Waals surface area (Å²) in [6.45, 7) is 8.61. The number of amidine groups is 1. The van der Waals surface area contributed by atoms with Gasteiger partial charge < -0.3 is 10.0 Å². The van der Waals surface area contributed by atoms with Crippen molar-refractivity contribution < 1.29 is 5.11 Å². The molecule has 0 aliphatic heterocycles. The fourth-order valence-electron chi connectivity index (χ4n) is 2.21. The van der Waals surface area contributed by atoms with Crippen molar-refractivity contribution in [2.75, 3.05) is 14.1 Å². The van der Waals surface area contributed by atoms with Gasteiger partial charge in [0.15, 0.2) is 0 Å². The van der Waals surface area contributed by atoms with Crippen molar-refractivity contribution in [2.24, 2.45) is 10.4 Å². The molecule has 21 heavy (non-hydrogen) atoms. The van der Waals surface area contributed by atoms with Gasteiger partial charge in [0.25, 0.3) is 0 Å². The topological polar surface area (TPSA) is 35.8 Å². The largest absolute Gasteiger partial charge is 0.388 e. The Hall–Kier alpha value is -1.35. The summed E-state index contributed by atoms with van der Waals surface area (Å²) in [7, 11) is 3.96. The Kier molecular flexibility index (Phi) is 6.41. The quantitative estimate of drug-likeness (QED) is 0.616. The minimum absolute atomic E-state index is 0.193. The number of nitrogens with zero attached hydrogens (tertiary/aromatic N) is 2. The zero-order valence-corrected chi connectivity index (χ0v) is 14.3. The Labute approximate surface area is 129 Å². The van der Waals surface area contributed by atoms with Gasteiger partial charge in [-0.25, -0.2) is 4.99 Å². The van der Waals surface area contributed by atoms with Crippen LogP contribution in [-0.2, 0) is 0 Å². The number of benzene rings is 1. The summed E-state index contributed by atoms with van der Waals surface area (Å²) in [5.74, 6) is 0.952. The highest BCUT2D eigenvalue weighted by atomic mass is 16.3. The first-order valence-electron chi connectivity index (χ1n) is 7.82. The third-order valence-corrected chi connectivity index (χ3v) is 4.59. The molecule has 0 fully saturated rings. The van der Waals surface area contributed by atoms with Crippen LogP contribution in [0.5, 0.6) is 0 Å². The zero-order valence-electron chi connectivity index (χ0n) is 14.3. The molecule has 0 saturated heterocycles. The van der Waals surface area contributed by atoms with E-state index in [0.717, 1.165) is 36.3 Å². The molecule has 1 N–H and O–H groups in total. The lowest BCUT2D eigenvalue weighted by atomic mass is 9.78. The molecule has 1 aromatic carbocycles. The standard InChI is InChI=1S/C18H30N2O/c1-7-18(4,8-2)13-17(21)15-10-9-11-16(12-15)19-14(3)20(5)6/h9-12,17,21H,7-8,13H2,1-6H3/b19-14+. The van der Waals surface area contributed by atoms with Crippen LogP contribution in [0.1, 0.15) is 58.6 Å². The maximum Gasteiger partial charge on any atom is 0.101 e. The number of hydrogen-bond acceptors (Lipinski definition) is 2. The highest BCUT2D eigenvalue weighted by molar-refractivity contribution is 5.82. The number of hydrogen-bond donors (Lipinski definition) is 1. The maximum atomic E-state index is 10.5. The highest BCUT2D eigenvalue weighted by Gasteiger charge is 2.24. The van der Waals surface area contributed by atoms with E-state index in [2.05, 4.69) is 25.8 Å². The summed E-state index contributed by atoms with van der Waals surface area (Å²) in [5.41, 5.74) is 2.04. The predicted octanol–water partition coefficient (Wildman–Crippen LogP) is 4.55. The van der Waals surface area contributed by atoms with Crippen molar-refractivity contribution in [2.45, 2.75) is 53.1 Å². The molecule has 118 valence electrons. The Bertz CT molecular complexity index is 476. The first-order valence-corrected chi connectivity index (χ1v) is 7.82. The van der Waals surface area contributed by atoms with E-state index in [1.165, 1.54) is 0 Å². The third kappa shape index (κ3) is 5.16. The molecule has 0 aliphatic rings. The summed E-state index contributed by atoms with van der Waals surface area (Å²) in [5, 5.41) is 10.5. The number of aliphatic hydroxyl groups excluding tert-OH is 1. The molecule has 1 aromatic rings. The molecule has 0 amide bonds. The maximum absolute atomic E-state index is 10.5. The van der Waals surface area contributed by atoms with Crippen LogP contribution in [0.4, 0.5) is 5.69 Å². The first-order chi connectivity index (χ1) is 9.81. The summed E-state index contributed by atoms with van der Waals surface area (Å²) in [6.07, 6.45) is 2.53. The van der Waals surface area contributed by atoms with Crippen molar-refractivity contribution in [3.63, 3.8) is 0 Å². The van der Waals surface area contributed by atoms with Crippen LogP contribution in [0.25, 0.3) is 0 Å². The summed E-state index contributed by atoms with van der Waals surface area (Å²) in [6, 6.07) is 7.92. The van der Waals surface area contributed by atoms with Crippen molar-refractivity contribution in [3.8, 4) is 0 Å². The van der Waals surface area contributed by atoms with Gasteiger partial charge in [-0.2, -0.15) is 0 Å². The van der Waals surface area contributed by atoms with E-state index in [1.807, 2.05) is 50.2 Å². The van der Waals surface area contributed by atoms with Gasteiger partial charge in [-0.3, -0.25) is 0 Å². The van der Waals surface area contributed by atoms with Crippen LogP contribution in [0.3, 0.4) is 0 Å². The van der Waals surface area contributed by atoms with Crippen LogP contribution >= 0.6 is 0 Å². The highest BCUT2D eigenvalue weighted by Crippen LogP contribution is 2.36. The lowest BCUT2D eigenvalue weighted by Crippen LogP contribution is -2.18. The SMILES string of the molecule is CCC(C)(CC)CC(O)c1cccc(/N=C(\C)N(C)C)c1. The summed E-state index contributed by atoms with van der Waals surface area (Å²) >= 11 is 0. The predicted molar refractivity (Wildman–Crippen MR) is 91.2 cm³/mol. The van der Waals surface area contributed by atoms with Gasteiger partial charge >= 0.3 is 0 Å². The molecule has 3 nitrogen and oxygen atoms in total. The van der Waals surface area contributed by atoms with E-state index in [4.69, 9.17) is 0 Å². The van der Waals surface area contributed by atoms with Crippen LogP contribution in [-0.4, -0.2) is 29.9 Å². The van der Waals surface area contributed by atoms with Gasteiger partial charge in [-0.1, -0.05) is 45.7 Å². The van der Waals surface area contributed by atoms with E-state index in [0.29, 0.717) is 0 Å². The smallest absolute Gasteiger partial charge is 0.101 e. The average molecular weight is 290 g/mol. The van der Waals surface area contributed by atoms with E-state index in [1.54, 1.807) is 0 Å². The minimum Gasteiger partial charge on any atom is -0.388 e. The van der Waals surface area contributed by atoms with E-state index < -0.39 is 6.10 Å². The fraction of sp³-hybridized carbons (Fsp3) is 0.611. The molecule has 0 saturated carbocycles. The molecule has 1 atom stereocenters. The van der Waals surface area contributed by atoms with Crippen molar-refractivity contribution in [3.05, 3.63) is 29.8 Å². The first kappa shape index (κ1) is 17.7. The van der Waals surface area contributed by atoms with Gasteiger partial charge in [0.2, 0.25) is 0 Å². The van der Waals surface area contributed by atoms with Crippen molar-refractivity contribution in [1.82, 2.24) is 4.90 Å². The second kappa shape index (κ2) is 7.60. The minimum atomic E-state index is -0.426. The molecule has 3 heteroatoms. The van der Waals surface area contributed by atoms with Crippen LogP contribution in [0.2, 0.25) is 0 Å². The zero-order chi connectivity index (χ0) is 16.0. The molecule has 1 unspecified atom stereocenters. The molecular weight excluding hydrogens is 260 g/mol. The Balaban J connectivity index is 2.92. The van der Waals surface area contributed by atoms with Crippen molar-refractivity contribution >= 4 is 11.5 Å². The lowest BCUT2D eigenvalue weighted by molar-refractivity contribution is 0.101. The summed E-state index contributed by atoms with van der Waals surface area (Å²) in [4.78, 5) is 6.55. The summed E-state index contributed by atoms with van der Waals surface area (Å²) < 4.78 is 0. The average Bonchev–Trinajstić information content (AvgIpc) is 2.47. The van der Waals surface area contributed by atoms with Crippen LogP contribution in [0.15, 0.2) is 29.3 Å². The lowest BCUT2D eigenvalue weighted by Gasteiger charge is -2.29. The third-order valence-electron chi connectivity index (χ3n) is 4.59.